The zero-order valence-corrected chi connectivity index (χ0v) is 21.0. The van der Waals surface area contributed by atoms with E-state index in [2.05, 4.69) is 22.9 Å². The highest BCUT2D eigenvalue weighted by Crippen LogP contribution is 2.39. The van der Waals surface area contributed by atoms with Gasteiger partial charge in [0.15, 0.2) is 0 Å². The fourth-order valence-electron chi connectivity index (χ4n) is 5.42. The van der Waals surface area contributed by atoms with Crippen LogP contribution in [0.25, 0.3) is 10.2 Å². The standard InChI is InChI=1S/C27H33N3O3S/c1-4-21-15-22-24(34-21)16-23-25(31)30(19-12-9-13-20(14-19)33-3)27(2,17-29(22)23)26(32)28-18-10-7-5-6-8-11-18/h9,12-16,18H,4-8,10-11,17H2,1-3H3,(H,28,32). The van der Waals surface area contributed by atoms with Crippen LogP contribution >= 0.6 is 11.3 Å². The molecule has 0 saturated heterocycles. The number of aromatic nitrogens is 1. The van der Waals surface area contributed by atoms with Crippen LogP contribution in [0.2, 0.25) is 0 Å². The van der Waals surface area contributed by atoms with Crippen molar-refractivity contribution in [1.29, 1.82) is 0 Å². The fourth-order valence-corrected chi connectivity index (χ4v) is 6.46. The summed E-state index contributed by atoms with van der Waals surface area (Å²) in [6, 6.07) is 11.8. The first kappa shape index (κ1) is 23.0. The first-order chi connectivity index (χ1) is 16.4. The van der Waals surface area contributed by atoms with E-state index in [0.29, 0.717) is 23.7 Å². The first-order valence-electron chi connectivity index (χ1n) is 12.4. The molecule has 1 fully saturated rings. The molecule has 1 aliphatic heterocycles. The fraction of sp³-hybridized carbons (Fsp3) is 0.481. The lowest BCUT2D eigenvalue weighted by Gasteiger charge is -2.44. The molecule has 7 heteroatoms. The van der Waals surface area contributed by atoms with Crippen LogP contribution in [0.5, 0.6) is 5.75 Å². The Balaban J connectivity index is 1.59. The minimum absolute atomic E-state index is 0.0889. The molecule has 0 spiro atoms. The normalized spacial score (nSPS) is 21.4. The van der Waals surface area contributed by atoms with Gasteiger partial charge in [-0.25, -0.2) is 0 Å². The molecule has 0 radical (unpaired) electrons. The number of nitrogens with one attached hydrogen (secondary N) is 1. The van der Waals surface area contributed by atoms with E-state index >= 15 is 0 Å². The van der Waals surface area contributed by atoms with Gasteiger partial charge in [-0.15, -0.1) is 11.3 Å². The van der Waals surface area contributed by atoms with Crippen LogP contribution in [0.3, 0.4) is 0 Å². The summed E-state index contributed by atoms with van der Waals surface area (Å²) >= 11 is 1.72. The Labute approximate surface area is 204 Å². The summed E-state index contributed by atoms with van der Waals surface area (Å²) in [5.41, 5.74) is 1.28. The molecule has 3 aromatic rings. The van der Waals surface area contributed by atoms with E-state index in [1.807, 2.05) is 37.3 Å². The Morgan fingerprint density at radius 2 is 1.94 bits per heavy atom. The Bertz CT molecular complexity index is 1220. The maximum atomic E-state index is 14.0. The summed E-state index contributed by atoms with van der Waals surface area (Å²) in [5.74, 6) is 0.417. The highest BCUT2D eigenvalue weighted by Gasteiger charge is 2.49. The second-order valence-electron chi connectivity index (χ2n) is 9.71. The van der Waals surface area contributed by atoms with Crippen molar-refractivity contribution in [1.82, 2.24) is 9.88 Å². The quantitative estimate of drug-likeness (QED) is 0.489. The molecule has 1 aliphatic carbocycles. The number of carbonyl (C=O) groups is 2. The van der Waals surface area contributed by atoms with Gasteiger partial charge in [0, 0.05) is 22.7 Å². The van der Waals surface area contributed by atoms with Crippen LogP contribution in [0.4, 0.5) is 5.69 Å². The molecule has 34 heavy (non-hydrogen) atoms. The summed E-state index contributed by atoms with van der Waals surface area (Å²) in [6.07, 6.45) is 7.67. The predicted molar refractivity (Wildman–Crippen MR) is 137 cm³/mol. The lowest BCUT2D eigenvalue weighted by molar-refractivity contribution is -0.127. The summed E-state index contributed by atoms with van der Waals surface area (Å²) in [4.78, 5) is 30.9. The molecule has 1 saturated carbocycles. The van der Waals surface area contributed by atoms with Crippen LogP contribution in [0, 0.1) is 0 Å². The number of nitrogens with zero attached hydrogens (tertiary/aromatic N) is 2. The minimum atomic E-state index is -1.07. The molecule has 5 rings (SSSR count). The molecule has 2 aliphatic rings. The average Bonchev–Trinajstić information content (AvgIpc) is 3.28. The third-order valence-corrected chi connectivity index (χ3v) is 8.58. The Kier molecular flexibility index (Phi) is 6.15. The van der Waals surface area contributed by atoms with E-state index in [1.54, 1.807) is 23.3 Å². The molecule has 2 aromatic heterocycles. The Morgan fingerprint density at radius 1 is 1.18 bits per heavy atom. The van der Waals surface area contributed by atoms with Gasteiger partial charge in [0.05, 0.1) is 23.9 Å². The molecule has 2 amide bonds. The zero-order valence-electron chi connectivity index (χ0n) is 20.2. The third kappa shape index (κ3) is 3.90. The maximum Gasteiger partial charge on any atom is 0.275 e. The van der Waals surface area contributed by atoms with Crippen molar-refractivity contribution in [2.75, 3.05) is 12.0 Å². The lowest BCUT2D eigenvalue weighted by atomic mass is 9.92. The number of anilines is 1. The SMILES string of the molecule is CCc1cc2c(cc3n2CC(C)(C(=O)NC2CCCCCC2)N(c2cccc(OC)c2)C3=O)s1. The summed E-state index contributed by atoms with van der Waals surface area (Å²) in [6.45, 7) is 4.45. The number of ether oxygens (including phenoxy) is 1. The number of aryl methyl sites for hydroxylation is 1. The van der Waals surface area contributed by atoms with Crippen molar-refractivity contribution in [3.8, 4) is 5.75 Å². The molecular formula is C27H33N3O3S. The smallest absolute Gasteiger partial charge is 0.275 e. The molecule has 3 heterocycles. The number of benzene rings is 1. The number of thiophene rings is 1. The third-order valence-electron chi connectivity index (χ3n) is 7.36. The summed E-state index contributed by atoms with van der Waals surface area (Å²) in [5, 5.41) is 3.33. The number of fused-ring (bicyclic) bond motifs is 3. The highest BCUT2D eigenvalue weighted by molar-refractivity contribution is 7.19. The second-order valence-corrected chi connectivity index (χ2v) is 10.9. The van der Waals surface area contributed by atoms with E-state index in [-0.39, 0.29) is 17.9 Å². The van der Waals surface area contributed by atoms with Crippen LogP contribution in [0.1, 0.15) is 67.7 Å². The number of hydrogen-bond donors (Lipinski definition) is 1. The highest BCUT2D eigenvalue weighted by atomic mass is 32.1. The van der Waals surface area contributed by atoms with E-state index in [9.17, 15) is 9.59 Å². The van der Waals surface area contributed by atoms with Crippen molar-refractivity contribution < 1.29 is 14.3 Å². The van der Waals surface area contributed by atoms with Gasteiger partial charge < -0.3 is 14.6 Å². The van der Waals surface area contributed by atoms with Crippen LogP contribution in [-0.2, 0) is 17.8 Å². The van der Waals surface area contributed by atoms with Gasteiger partial charge in [0.1, 0.15) is 17.0 Å². The molecule has 1 unspecified atom stereocenters. The van der Waals surface area contributed by atoms with Gasteiger partial charge in [-0.2, -0.15) is 0 Å². The summed E-state index contributed by atoms with van der Waals surface area (Å²) in [7, 11) is 1.61. The van der Waals surface area contributed by atoms with E-state index < -0.39 is 5.54 Å². The van der Waals surface area contributed by atoms with Crippen molar-refractivity contribution in [3.63, 3.8) is 0 Å². The Morgan fingerprint density at radius 3 is 2.65 bits per heavy atom. The molecule has 180 valence electrons. The first-order valence-corrected chi connectivity index (χ1v) is 13.2. The molecule has 1 aromatic carbocycles. The number of amides is 2. The predicted octanol–water partition coefficient (Wildman–Crippen LogP) is 5.53. The van der Waals surface area contributed by atoms with E-state index in [4.69, 9.17) is 4.74 Å². The number of hydrogen-bond acceptors (Lipinski definition) is 4. The van der Waals surface area contributed by atoms with Crippen molar-refractivity contribution in [3.05, 3.63) is 47.0 Å². The van der Waals surface area contributed by atoms with Gasteiger partial charge in [-0.3, -0.25) is 14.5 Å². The number of carbonyl (C=O) groups excluding carboxylic acids is 2. The zero-order chi connectivity index (χ0) is 23.9. The molecular weight excluding hydrogens is 446 g/mol. The number of methoxy groups -OCH3 is 1. The van der Waals surface area contributed by atoms with Gasteiger partial charge in [0.2, 0.25) is 5.91 Å². The summed E-state index contributed by atoms with van der Waals surface area (Å²) < 4.78 is 8.58. The second kappa shape index (κ2) is 9.10. The maximum absolute atomic E-state index is 14.0. The van der Waals surface area contributed by atoms with Gasteiger partial charge >= 0.3 is 0 Å². The monoisotopic (exact) mass is 479 g/mol. The molecule has 6 nitrogen and oxygen atoms in total. The Hall–Kier alpha value is -2.80. The molecule has 1 atom stereocenters. The topological polar surface area (TPSA) is 63.6 Å². The largest absolute Gasteiger partial charge is 0.497 e. The van der Waals surface area contributed by atoms with Crippen LogP contribution in [-0.4, -0.2) is 35.1 Å². The van der Waals surface area contributed by atoms with Gasteiger partial charge in [-0.05, 0) is 50.5 Å². The van der Waals surface area contributed by atoms with E-state index in [1.165, 1.54) is 17.7 Å². The lowest BCUT2D eigenvalue weighted by Crippen LogP contribution is -2.65. The average molecular weight is 480 g/mol. The van der Waals surface area contributed by atoms with Crippen LogP contribution in [0.15, 0.2) is 36.4 Å². The van der Waals surface area contributed by atoms with Crippen molar-refractivity contribution >= 4 is 39.1 Å². The minimum Gasteiger partial charge on any atom is -0.497 e. The van der Waals surface area contributed by atoms with Crippen molar-refractivity contribution in [2.45, 2.75) is 76.9 Å². The molecule has 0 bridgehead atoms. The van der Waals surface area contributed by atoms with Gasteiger partial charge in [-0.1, -0.05) is 38.7 Å². The van der Waals surface area contributed by atoms with E-state index in [0.717, 1.165) is 42.3 Å². The van der Waals surface area contributed by atoms with Crippen molar-refractivity contribution in [2.24, 2.45) is 0 Å². The molecule has 1 N–H and O–H groups in total. The number of rotatable bonds is 5. The van der Waals surface area contributed by atoms with Crippen LogP contribution < -0.4 is 15.0 Å². The van der Waals surface area contributed by atoms with Gasteiger partial charge in [0.25, 0.3) is 5.91 Å².